The number of nitrogens with one attached hydrogen (secondary N) is 11. The van der Waals surface area contributed by atoms with E-state index in [1.807, 2.05) is 108 Å². The zero-order valence-electron chi connectivity index (χ0n) is 61.0. The van der Waals surface area contributed by atoms with Gasteiger partial charge in [0, 0.05) is 138 Å². The van der Waals surface area contributed by atoms with E-state index < -0.39 is 58.2 Å². The van der Waals surface area contributed by atoms with Crippen LogP contribution in [-0.2, 0) is 51.4 Å². The molecule has 0 saturated carbocycles. The number of sulfonamides is 4. The molecule has 0 saturated heterocycles. The van der Waals surface area contributed by atoms with E-state index in [2.05, 4.69) is 96.5 Å². The highest BCUT2D eigenvalue weighted by molar-refractivity contribution is 7.93. The van der Waals surface area contributed by atoms with Crippen LogP contribution >= 0.6 is 57.1 Å². The van der Waals surface area contributed by atoms with Crippen molar-refractivity contribution in [1.29, 1.82) is 5.26 Å². The molecular formula is C78H61ClN20O12S8. The summed E-state index contributed by atoms with van der Waals surface area (Å²) in [6, 6.07) is 60.7. The standard InChI is InChI=1S/C21H15N5O3S2.C19H16ClN5O3S2.2C19H15N5O3S2/c22-13-14-5-10-19(18-4-2-1-3-17(14)18)25-20(27)24-15-6-8-16(9-7-15)31(28,29)26-21-23-11-12-30-21;20-14-2-1-13-7-9-25(17(13)11-14)10-8-18(26)23-15-3-5-16(6-4-15)30(27,28)24-19-21-12-22-29-19;25-18(23-16-5-1-3-13-4-2-10-20-17(13)16)22-14-6-8-15(9-7-14)29(26,27)24-19-21-11-12-28-19;25-18(23-15-5-8-17-13(12-15)2-1-9-20-17)22-14-3-6-16(7-4-14)29(26,27)24-19-21-10-11-28-19/h1-12H,(H,23,26)(H2,24,25,27);1-7,9,11-12H,8,10H2,(H,23,26)(H,21,22,24);2*1-12H,(H,21,24)(H2,22,23,25). The number of thiazole rings is 3. The van der Waals surface area contributed by atoms with Crippen LogP contribution in [0.25, 0.3) is 43.5 Å². The second kappa shape index (κ2) is 37.8. The quantitative estimate of drug-likeness (QED) is 0.0300. The molecule has 0 radical (unpaired) electrons. The molecule has 0 aliphatic heterocycles. The minimum Gasteiger partial charge on any atom is -0.347 e. The summed E-state index contributed by atoms with van der Waals surface area (Å²) in [6.45, 7) is 0.494. The van der Waals surface area contributed by atoms with Crippen molar-refractivity contribution in [2.45, 2.75) is 32.5 Å². The summed E-state index contributed by atoms with van der Waals surface area (Å²) in [7, 11) is -15.0. The molecule has 0 atom stereocenters. The molecule has 7 amide bonds. The van der Waals surface area contributed by atoms with Crippen molar-refractivity contribution in [3.8, 4) is 6.07 Å². The average molecular weight is 1760 g/mol. The zero-order valence-corrected chi connectivity index (χ0v) is 68.3. The molecular weight excluding hydrogens is 1700 g/mol. The van der Waals surface area contributed by atoms with E-state index in [9.17, 15) is 58.1 Å². The van der Waals surface area contributed by atoms with Gasteiger partial charge in [-0.15, -0.1) is 34.0 Å². The number of nitriles is 1. The first-order chi connectivity index (χ1) is 57.4. The van der Waals surface area contributed by atoms with Gasteiger partial charge in [0.25, 0.3) is 40.1 Å². The number of hydrogen-bond donors (Lipinski definition) is 11. The molecule has 0 aliphatic rings. The van der Waals surface area contributed by atoms with E-state index in [4.69, 9.17) is 11.6 Å². The third kappa shape index (κ3) is 22.4. The van der Waals surface area contributed by atoms with Gasteiger partial charge in [-0.3, -0.25) is 33.7 Å². The van der Waals surface area contributed by atoms with Gasteiger partial charge >= 0.3 is 18.1 Å². The van der Waals surface area contributed by atoms with Gasteiger partial charge in [0.15, 0.2) is 15.4 Å². The fourth-order valence-electron chi connectivity index (χ4n) is 11.1. The summed E-state index contributed by atoms with van der Waals surface area (Å²) in [6.07, 6.45) is 11.3. The Hall–Kier alpha value is -13.9. The molecule has 16 aromatic rings. The molecule has 9 aromatic carbocycles. The number of halogens is 1. The van der Waals surface area contributed by atoms with Gasteiger partial charge in [0.05, 0.1) is 53.6 Å². The Bertz CT molecular complexity index is 6830. The largest absolute Gasteiger partial charge is 0.347 e. The normalized spacial score (nSPS) is 11.2. The maximum Gasteiger partial charge on any atom is 0.323 e. The Morgan fingerprint density at radius 3 is 1.39 bits per heavy atom. The monoisotopic (exact) mass is 1760 g/mol. The summed E-state index contributed by atoms with van der Waals surface area (Å²) < 4.78 is 114. The molecule has 0 bridgehead atoms. The van der Waals surface area contributed by atoms with E-state index >= 15 is 0 Å². The lowest BCUT2D eigenvalue weighted by molar-refractivity contribution is -0.116. The number of urea groups is 3. The minimum absolute atomic E-state index is 0.0479. The lowest BCUT2D eigenvalue weighted by Gasteiger charge is -2.11. The number of rotatable bonds is 22. The predicted molar refractivity (Wildman–Crippen MR) is 466 cm³/mol. The van der Waals surface area contributed by atoms with E-state index in [-0.39, 0.29) is 52.4 Å². The Morgan fingerprint density at radius 2 is 0.874 bits per heavy atom. The van der Waals surface area contributed by atoms with Crippen LogP contribution in [0.5, 0.6) is 0 Å². The molecule has 0 fully saturated rings. The second-order valence-corrected chi connectivity index (χ2v) is 35.3. The highest BCUT2D eigenvalue weighted by atomic mass is 35.5. The lowest BCUT2D eigenvalue weighted by Crippen LogP contribution is -2.20. The number of aromatic nitrogens is 8. The van der Waals surface area contributed by atoms with Crippen LogP contribution in [0, 0.1) is 11.3 Å². The predicted octanol–water partition coefficient (Wildman–Crippen LogP) is 16.9. The molecule has 119 heavy (non-hydrogen) atoms. The van der Waals surface area contributed by atoms with Crippen molar-refractivity contribution < 1.29 is 52.8 Å². The van der Waals surface area contributed by atoms with Crippen molar-refractivity contribution in [3.05, 3.63) is 289 Å². The van der Waals surface area contributed by atoms with Gasteiger partial charge in [0.2, 0.25) is 11.0 Å². The van der Waals surface area contributed by atoms with Crippen molar-refractivity contribution >= 4 is 225 Å². The number of para-hydroxylation sites is 1. The fourth-order valence-corrected chi connectivity index (χ4v) is 18.3. The summed E-state index contributed by atoms with van der Waals surface area (Å²) in [5.41, 5.74) is 6.58. The van der Waals surface area contributed by atoms with Crippen LogP contribution in [-0.4, -0.2) is 96.5 Å². The summed E-state index contributed by atoms with van der Waals surface area (Å²) >= 11 is 10.5. The first-order valence-electron chi connectivity index (χ1n) is 34.7. The van der Waals surface area contributed by atoms with Gasteiger partial charge in [-0.05, 0) is 169 Å². The molecule has 600 valence electrons. The van der Waals surface area contributed by atoms with Gasteiger partial charge in [-0.25, -0.2) is 68.0 Å². The molecule has 7 heterocycles. The summed E-state index contributed by atoms with van der Waals surface area (Å²) in [4.78, 5) is 73.6. The number of amides is 7. The Balaban J connectivity index is 0.000000137. The average Bonchev–Trinajstić information content (AvgIpc) is 1.70. The second-order valence-electron chi connectivity index (χ2n) is 24.6. The topological polar surface area (TPSA) is 456 Å². The number of carbonyl (C=O) groups excluding carboxylic acids is 4. The molecule has 0 aliphatic carbocycles. The van der Waals surface area contributed by atoms with Crippen molar-refractivity contribution in [1.82, 2.24) is 38.8 Å². The molecule has 0 spiro atoms. The molecule has 32 nitrogen and oxygen atoms in total. The minimum atomic E-state index is -3.76. The molecule has 41 heteroatoms. The molecule has 0 unspecified atom stereocenters. The van der Waals surface area contributed by atoms with Crippen LogP contribution in [0.1, 0.15) is 12.0 Å². The number of carbonyl (C=O) groups is 4. The maximum atomic E-state index is 12.4. The lowest BCUT2D eigenvalue weighted by atomic mass is 10.0. The van der Waals surface area contributed by atoms with E-state index in [1.165, 1.54) is 156 Å². The van der Waals surface area contributed by atoms with Crippen LogP contribution in [0.15, 0.2) is 298 Å². The smallest absolute Gasteiger partial charge is 0.323 e. The number of aryl methyl sites for hydroxylation is 1. The first-order valence-corrected chi connectivity index (χ1v) is 44.5. The van der Waals surface area contributed by atoms with Crippen LogP contribution in [0.4, 0.5) is 74.7 Å². The van der Waals surface area contributed by atoms with E-state index in [0.29, 0.717) is 62.5 Å². The maximum absolute atomic E-state index is 12.4. The van der Waals surface area contributed by atoms with Crippen LogP contribution in [0.2, 0.25) is 5.02 Å². The van der Waals surface area contributed by atoms with E-state index in [1.54, 1.807) is 52.8 Å². The number of fused-ring (bicyclic) bond motifs is 4. The Morgan fingerprint density at radius 1 is 0.403 bits per heavy atom. The Kier molecular flexibility index (Phi) is 26.4. The molecule has 16 rings (SSSR count). The van der Waals surface area contributed by atoms with Crippen LogP contribution in [0.3, 0.4) is 0 Å². The van der Waals surface area contributed by atoms with Crippen LogP contribution < -0.4 is 56.1 Å². The number of hydrogen-bond acceptors (Lipinski definition) is 24. The third-order valence-corrected chi connectivity index (χ3v) is 25.4. The summed E-state index contributed by atoms with van der Waals surface area (Å²) in [5.74, 6) is -0.179. The fraction of sp³-hybridized carbons (Fsp3) is 0.0256. The highest BCUT2D eigenvalue weighted by Crippen LogP contribution is 2.30. The number of anilines is 11. The number of nitrogens with zero attached hydrogens (tertiary/aromatic N) is 9. The SMILES string of the molecule is N#Cc1ccc(NC(=O)Nc2ccc(S(=O)(=O)Nc3nccs3)cc2)c2ccccc12.O=C(CCn1ccc2ccc(Cl)cc21)Nc1ccc(S(=O)(=O)Nc2ncns2)cc1.O=C(Nc1ccc(S(=O)(=O)Nc2nccs2)cc1)Nc1ccc2ncccc2c1.O=C(Nc1ccc(S(=O)(=O)Nc2nccs2)cc1)Nc1cccc2cccnc12. The van der Waals surface area contributed by atoms with Crippen molar-refractivity contribution in [3.63, 3.8) is 0 Å². The number of pyridine rings is 2. The first kappa shape index (κ1) is 83.1. The number of benzene rings is 9. The molecule has 11 N–H and O–H groups in total. The third-order valence-electron chi connectivity index (χ3n) is 16.6. The zero-order chi connectivity index (χ0) is 83.5. The van der Waals surface area contributed by atoms with Gasteiger partial charge in [-0.2, -0.15) is 9.64 Å². The van der Waals surface area contributed by atoms with E-state index in [0.717, 1.165) is 49.5 Å². The van der Waals surface area contributed by atoms with Crippen molar-refractivity contribution in [2.75, 3.05) is 56.1 Å². The van der Waals surface area contributed by atoms with Gasteiger partial charge in [0.1, 0.15) is 6.33 Å². The summed E-state index contributed by atoms with van der Waals surface area (Å²) in [5, 5.41) is 39.4. The Labute approximate surface area is 699 Å². The molecule has 7 aromatic heterocycles. The highest BCUT2D eigenvalue weighted by Gasteiger charge is 2.22. The van der Waals surface area contributed by atoms with Gasteiger partial charge in [-0.1, -0.05) is 66.2 Å². The van der Waals surface area contributed by atoms with Gasteiger partial charge < -0.3 is 41.8 Å². The van der Waals surface area contributed by atoms with Crippen molar-refractivity contribution in [2.24, 2.45) is 0 Å².